The number of nitrogens with zero attached hydrogens (tertiary/aromatic N) is 1. The van der Waals surface area contributed by atoms with Gasteiger partial charge in [-0.05, 0) is 29.3 Å². The smallest absolute Gasteiger partial charge is 0.360 e. The lowest BCUT2D eigenvalue weighted by atomic mass is 10.0. The molecule has 0 aliphatic rings. The molecule has 0 unspecified atom stereocenters. The summed E-state index contributed by atoms with van der Waals surface area (Å²) < 4.78 is 10.7. The van der Waals surface area contributed by atoms with Gasteiger partial charge in [0.15, 0.2) is 5.69 Å². The van der Waals surface area contributed by atoms with E-state index in [0.29, 0.717) is 10.9 Å². The Morgan fingerprint density at radius 1 is 0.893 bits per heavy atom. The third kappa shape index (κ3) is 3.97. The number of benzene rings is 3. The first-order valence-corrected chi connectivity index (χ1v) is 9.10. The van der Waals surface area contributed by atoms with Crippen LogP contribution < -0.4 is 0 Å². The minimum atomic E-state index is -0.522. The highest BCUT2D eigenvalue weighted by molar-refractivity contribution is 6.33. The van der Waals surface area contributed by atoms with Crippen molar-refractivity contribution in [3.05, 3.63) is 101 Å². The molecule has 3 aromatic carbocycles. The molecule has 0 N–H and O–H groups in total. The fraction of sp³-hybridized carbons (Fsp3) is 0.0435. The maximum absolute atomic E-state index is 12.2. The fourth-order valence-electron chi connectivity index (χ4n) is 2.78. The number of carbonyl (C=O) groups excluding carboxylic acids is 1. The summed E-state index contributed by atoms with van der Waals surface area (Å²) in [7, 11) is 0. The standard InChI is InChI=1S/C23H16ClNO3/c24-20-9-5-4-8-19(20)17-10-12-18(13-11-17)22-25-21(15-27-22)23(26)28-14-16-6-2-1-3-7-16/h1-13,15H,14H2. The number of aromatic nitrogens is 1. The molecule has 1 aromatic heterocycles. The molecule has 0 bridgehead atoms. The molecular formula is C23H16ClNO3. The van der Waals surface area contributed by atoms with Crippen LogP contribution in [0.3, 0.4) is 0 Å². The van der Waals surface area contributed by atoms with Gasteiger partial charge < -0.3 is 9.15 Å². The first kappa shape index (κ1) is 18.0. The lowest BCUT2D eigenvalue weighted by Gasteiger charge is -2.04. The predicted octanol–water partition coefficient (Wildman–Crippen LogP) is 6.02. The normalized spacial score (nSPS) is 10.6. The number of halogens is 1. The molecule has 5 heteroatoms. The third-order valence-electron chi connectivity index (χ3n) is 4.24. The van der Waals surface area contributed by atoms with Crippen molar-refractivity contribution in [1.29, 1.82) is 0 Å². The van der Waals surface area contributed by atoms with E-state index in [4.69, 9.17) is 20.8 Å². The summed E-state index contributed by atoms with van der Waals surface area (Å²) in [5.74, 6) is -0.163. The zero-order valence-corrected chi connectivity index (χ0v) is 15.6. The topological polar surface area (TPSA) is 52.3 Å². The van der Waals surface area contributed by atoms with Crippen molar-refractivity contribution in [2.75, 3.05) is 0 Å². The first-order valence-electron chi connectivity index (χ1n) is 8.72. The summed E-state index contributed by atoms with van der Waals surface area (Å²) in [6.07, 6.45) is 1.31. The van der Waals surface area contributed by atoms with E-state index in [0.717, 1.165) is 22.3 Å². The van der Waals surface area contributed by atoms with Crippen LogP contribution in [0.15, 0.2) is 89.5 Å². The fourth-order valence-corrected chi connectivity index (χ4v) is 3.03. The summed E-state index contributed by atoms with van der Waals surface area (Å²) in [6, 6.07) is 24.8. The quantitative estimate of drug-likeness (QED) is 0.392. The van der Waals surface area contributed by atoms with E-state index in [2.05, 4.69) is 4.98 Å². The van der Waals surface area contributed by atoms with Crippen molar-refractivity contribution >= 4 is 17.6 Å². The molecule has 0 radical (unpaired) electrons. The second-order valence-electron chi connectivity index (χ2n) is 6.16. The molecule has 1 heterocycles. The van der Waals surface area contributed by atoms with Gasteiger partial charge >= 0.3 is 5.97 Å². The van der Waals surface area contributed by atoms with E-state index in [1.807, 2.05) is 78.9 Å². The zero-order chi connectivity index (χ0) is 19.3. The number of oxazole rings is 1. The largest absolute Gasteiger partial charge is 0.456 e. The maximum atomic E-state index is 12.2. The van der Waals surface area contributed by atoms with Gasteiger partial charge in [0.25, 0.3) is 0 Å². The molecule has 0 saturated carbocycles. The van der Waals surface area contributed by atoms with Crippen LogP contribution in [0.5, 0.6) is 0 Å². The highest BCUT2D eigenvalue weighted by atomic mass is 35.5. The van der Waals surface area contributed by atoms with Crippen molar-refractivity contribution in [2.24, 2.45) is 0 Å². The highest BCUT2D eigenvalue weighted by Crippen LogP contribution is 2.29. The van der Waals surface area contributed by atoms with Gasteiger partial charge in [0, 0.05) is 16.1 Å². The lowest BCUT2D eigenvalue weighted by molar-refractivity contribution is 0.0465. The summed E-state index contributed by atoms with van der Waals surface area (Å²) in [5.41, 5.74) is 3.76. The molecule has 4 aromatic rings. The molecule has 4 nitrogen and oxygen atoms in total. The molecule has 28 heavy (non-hydrogen) atoms. The van der Waals surface area contributed by atoms with Gasteiger partial charge in [-0.1, -0.05) is 72.3 Å². The first-order chi connectivity index (χ1) is 13.7. The monoisotopic (exact) mass is 389 g/mol. The molecule has 0 aliphatic heterocycles. The molecule has 0 spiro atoms. The molecule has 138 valence electrons. The molecule has 0 saturated heterocycles. The molecule has 4 rings (SSSR count). The van der Waals surface area contributed by atoms with Crippen LogP contribution in [-0.2, 0) is 11.3 Å². The Morgan fingerprint density at radius 3 is 2.32 bits per heavy atom. The van der Waals surface area contributed by atoms with Gasteiger partial charge in [-0.2, -0.15) is 0 Å². The van der Waals surface area contributed by atoms with Crippen LogP contribution in [0.25, 0.3) is 22.6 Å². The molecular weight excluding hydrogens is 374 g/mol. The van der Waals surface area contributed by atoms with Crippen LogP contribution in [-0.4, -0.2) is 11.0 Å². The highest BCUT2D eigenvalue weighted by Gasteiger charge is 2.15. The van der Waals surface area contributed by atoms with E-state index < -0.39 is 5.97 Å². The van der Waals surface area contributed by atoms with Gasteiger partial charge in [-0.15, -0.1) is 0 Å². The molecule has 0 amide bonds. The molecule has 0 atom stereocenters. The van der Waals surface area contributed by atoms with Crippen LogP contribution >= 0.6 is 11.6 Å². The van der Waals surface area contributed by atoms with E-state index in [9.17, 15) is 4.79 Å². The maximum Gasteiger partial charge on any atom is 0.360 e. The number of rotatable bonds is 5. The number of carbonyl (C=O) groups is 1. The van der Waals surface area contributed by atoms with Crippen LogP contribution in [0.1, 0.15) is 16.1 Å². The van der Waals surface area contributed by atoms with Crippen molar-refractivity contribution < 1.29 is 13.9 Å². The van der Waals surface area contributed by atoms with Crippen molar-refractivity contribution in [3.63, 3.8) is 0 Å². The predicted molar refractivity (Wildman–Crippen MR) is 108 cm³/mol. The minimum absolute atomic E-state index is 0.140. The average molecular weight is 390 g/mol. The average Bonchev–Trinajstić information content (AvgIpc) is 3.24. The summed E-state index contributed by atoms with van der Waals surface area (Å²) in [5, 5.41) is 0.690. The Balaban J connectivity index is 1.46. The third-order valence-corrected chi connectivity index (χ3v) is 4.57. The Hall–Kier alpha value is -3.37. The summed E-state index contributed by atoms with van der Waals surface area (Å²) in [4.78, 5) is 16.4. The zero-order valence-electron chi connectivity index (χ0n) is 14.8. The van der Waals surface area contributed by atoms with Gasteiger partial charge in [-0.3, -0.25) is 0 Å². The lowest BCUT2D eigenvalue weighted by Crippen LogP contribution is -2.05. The van der Waals surface area contributed by atoms with E-state index in [1.54, 1.807) is 0 Å². The van der Waals surface area contributed by atoms with Crippen LogP contribution in [0, 0.1) is 0 Å². The SMILES string of the molecule is O=C(OCc1ccccc1)c1coc(-c2ccc(-c3ccccc3Cl)cc2)n1. The van der Waals surface area contributed by atoms with Crippen LogP contribution in [0.4, 0.5) is 0 Å². The van der Waals surface area contributed by atoms with E-state index >= 15 is 0 Å². The Morgan fingerprint density at radius 2 is 1.57 bits per heavy atom. The number of hydrogen-bond donors (Lipinski definition) is 0. The molecule has 0 fully saturated rings. The van der Waals surface area contributed by atoms with Gasteiger partial charge in [0.1, 0.15) is 12.9 Å². The van der Waals surface area contributed by atoms with E-state index in [-0.39, 0.29) is 12.3 Å². The second-order valence-corrected chi connectivity index (χ2v) is 6.56. The summed E-state index contributed by atoms with van der Waals surface area (Å²) in [6.45, 7) is 0.189. The van der Waals surface area contributed by atoms with Crippen LogP contribution in [0.2, 0.25) is 5.02 Å². The van der Waals surface area contributed by atoms with Gasteiger partial charge in [-0.25, -0.2) is 9.78 Å². The van der Waals surface area contributed by atoms with Crippen molar-refractivity contribution in [3.8, 4) is 22.6 Å². The van der Waals surface area contributed by atoms with E-state index in [1.165, 1.54) is 6.26 Å². The second kappa shape index (κ2) is 8.11. The Labute approximate surface area is 167 Å². The number of ether oxygens (including phenoxy) is 1. The van der Waals surface area contributed by atoms with Crippen molar-refractivity contribution in [1.82, 2.24) is 4.98 Å². The Bertz CT molecular complexity index is 1090. The number of hydrogen-bond acceptors (Lipinski definition) is 4. The minimum Gasteiger partial charge on any atom is -0.456 e. The van der Waals surface area contributed by atoms with Gasteiger partial charge in [0.2, 0.25) is 5.89 Å². The van der Waals surface area contributed by atoms with Gasteiger partial charge in [0.05, 0.1) is 0 Å². The molecule has 0 aliphatic carbocycles. The summed E-state index contributed by atoms with van der Waals surface area (Å²) >= 11 is 6.25. The van der Waals surface area contributed by atoms with Crippen molar-refractivity contribution in [2.45, 2.75) is 6.61 Å². The number of esters is 1. The Kier molecular flexibility index (Phi) is 5.22.